The van der Waals surface area contributed by atoms with Crippen LogP contribution in [0.25, 0.3) is 0 Å². The molecule has 0 heterocycles. The SMILES string of the molecule is CC(=O)[C@H](CO)NC(=O)OC(C)(C)C.CC(=O)[C@H](COP(OC(C)(C)C)N(C(C)C)C(C)C)NC(=O)OC(C)(C)C.CC(C)N(C(C)C)P(C)OC(C)(C)C. The molecule has 0 aromatic rings. The summed E-state index contributed by atoms with van der Waals surface area (Å²) < 4.78 is 32.9. The summed E-state index contributed by atoms with van der Waals surface area (Å²) in [5, 5.41) is 13.6. The van der Waals surface area contributed by atoms with E-state index in [-0.39, 0.29) is 35.9 Å². The van der Waals surface area contributed by atoms with Crippen LogP contribution in [0.2, 0.25) is 0 Å². The van der Waals surface area contributed by atoms with E-state index in [1.54, 1.807) is 41.5 Å². The Morgan fingerprint density at radius 1 is 0.564 bits per heavy atom. The van der Waals surface area contributed by atoms with Gasteiger partial charge in [-0.3, -0.25) is 14.3 Å². The van der Waals surface area contributed by atoms with Crippen LogP contribution < -0.4 is 10.6 Å². The maximum Gasteiger partial charge on any atom is 0.408 e. The fourth-order valence-electron chi connectivity index (χ4n) is 4.61. The lowest BCUT2D eigenvalue weighted by atomic mass is 10.2. The highest BCUT2D eigenvalue weighted by Gasteiger charge is 2.33. The smallest absolute Gasteiger partial charge is 0.408 e. The topological polar surface area (TPSA) is 165 Å². The zero-order valence-electron chi connectivity index (χ0n) is 38.8. The summed E-state index contributed by atoms with van der Waals surface area (Å²) >= 11 is 0. The average Bonchev–Trinajstić information content (AvgIpc) is 2.89. The van der Waals surface area contributed by atoms with Gasteiger partial charge in [0.05, 0.1) is 24.4 Å². The van der Waals surface area contributed by atoms with Gasteiger partial charge in [0.1, 0.15) is 31.6 Å². The summed E-state index contributed by atoms with van der Waals surface area (Å²) in [6.45, 7) is 44.4. The van der Waals surface area contributed by atoms with Crippen molar-refractivity contribution in [3.05, 3.63) is 0 Å². The van der Waals surface area contributed by atoms with Crippen LogP contribution in [0.15, 0.2) is 0 Å². The first kappa shape index (κ1) is 57.8. The molecule has 0 aromatic carbocycles. The van der Waals surface area contributed by atoms with Gasteiger partial charge in [-0.1, -0.05) is 0 Å². The maximum absolute atomic E-state index is 12.0. The molecule has 0 aliphatic rings. The fraction of sp³-hybridized carbons (Fsp3) is 0.897. The normalized spacial score (nSPS) is 14.8. The van der Waals surface area contributed by atoms with Crippen molar-refractivity contribution in [2.45, 2.75) is 211 Å². The number of aliphatic hydroxyl groups excluding tert-OH is 1. The molecule has 0 spiro atoms. The van der Waals surface area contributed by atoms with Crippen molar-refractivity contribution in [3.63, 3.8) is 0 Å². The zero-order chi connectivity index (χ0) is 44.4. The van der Waals surface area contributed by atoms with Gasteiger partial charge in [0.15, 0.2) is 11.6 Å². The van der Waals surface area contributed by atoms with E-state index >= 15 is 0 Å². The molecule has 55 heavy (non-hydrogen) atoms. The Kier molecular flexibility index (Phi) is 27.1. The summed E-state index contributed by atoms with van der Waals surface area (Å²) in [6.07, 6.45) is -1.34. The minimum absolute atomic E-state index is 0.0201. The van der Waals surface area contributed by atoms with Crippen LogP contribution >= 0.6 is 16.8 Å². The Morgan fingerprint density at radius 3 is 1.15 bits per heavy atom. The quantitative estimate of drug-likeness (QED) is 0.127. The summed E-state index contributed by atoms with van der Waals surface area (Å²) in [5.74, 6) is -0.509. The maximum atomic E-state index is 12.0. The number of rotatable bonds is 16. The summed E-state index contributed by atoms with van der Waals surface area (Å²) in [4.78, 5) is 46.0. The van der Waals surface area contributed by atoms with Gasteiger partial charge < -0.3 is 38.8 Å². The van der Waals surface area contributed by atoms with Gasteiger partial charge in [-0.2, -0.15) is 0 Å². The molecule has 2 unspecified atom stereocenters. The number of Topliss-reactive ketones (excluding diaryl/α,β-unsaturated/α-hetero) is 2. The lowest BCUT2D eigenvalue weighted by Gasteiger charge is -2.39. The van der Waals surface area contributed by atoms with E-state index in [1.807, 2.05) is 20.8 Å². The second kappa shape index (κ2) is 25.8. The molecule has 3 N–H and O–H groups in total. The minimum Gasteiger partial charge on any atom is -0.444 e. The molecule has 0 fully saturated rings. The first-order valence-corrected chi connectivity index (χ1v) is 22.0. The molecule has 14 nitrogen and oxygen atoms in total. The van der Waals surface area contributed by atoms with E-state index < -0.39 is 64.5 Å². The summed E-state index contributed by atoms with van der Waals surface area (Å²) in [6, 6.07) is -0.178. The van der Waals surface area contributed by atoms with E-state index in [1.165, 1.54) is 13.8 Å². The highest BCUT2D eigenvalue weighted by atomic mass is 31.2. The molecule has 328 valence electrons. The average molecular weight is 829 g/mol. The van der Waals surface area contributed by atoms with Gasteiger partial charge in [0.25, 0.3) is 8.53 Å². The van der Waals surface area contributed by atoms with E-state index in [9.17, 15) is 19.2 Å². The third-order valence-corrected chi connectivity index (χ3v) is 11.0. The third kappa shape index (κ3) is 31.2. The number of nitrogens with zero attached hydrogens (tertiary/aromatic N) is 2. The van der Waals surface area contributed by atoms with Crippen LogP contribution in [-0.4, -0.2) is 117 Å². The van der Waals surface area contributed by atoms with Crippen molar-refractivity contribution < 1.29 is 47.3 Å². The number of alkyl carbamates (subject to hydrolysis) is 2. The predicted octanol–water partition coefficient (Wildman–Crippen LogP) is 8.97. The number of hydrogen-bond donors (Lipinski definition) is 3. The van der Waals surface area contributed by atoms with Crippen molar-refractivity contribution in [2.75, 3.05) is 19.9 Å². The van der Waals surface area contributed by atoms with Crippen LogP contribution in [0.5, 0.6) is 0 Å². The highest BCUT2D eigenvalue weighted by Crippen LogP contribution is 2.49. The number of ether oxygens (including phenoxy) is 2. The molecule has 0 radical (unpaired) electrons. The van der Waals surface area contributed by atoms with Crippen molar-refractivity contribution in [2.24, 2.45) is 0 Å². The van der Waals surface area contributed by atoms with Crippen molar-refractivity contribution >= 4 is 40.6 Å². The molecule has 0 rings (SSSR count). The summed E-state index contributed by atoms with van der Waals surface area (Å²) in [5.41, 5.74) is -1.69. The molecule has 0 bridgehead atoms. The van der Waals surface area contributed by atoms with Crippen LogP contribution in [0.4, 0.5) is 9.59 Å². The molecule has 0 saturated carbocycles. The molecule has 0 saturated heterocycles. The zero-order valence-corrected chi connectivity index (χ0v) is 40.6. The van der Waals surface area contributed by atoms with E-state index in [0.29, 0.717) is 12.1 Å². The molecule has 0 aliphatic carbocycles. The lowest BCUT2D eigenvalue weighted by molar-refractivity contribution is -0.120. The van der Waals surface area contributed by atoms with Crippen LogP contribution in [-0.2, 0) is 32.6 Å². The van der Waals surface area contributed by atoms with E-state index in [4.69, 9.17) is 28.2 Å². The predicted molar refractivity (Wildman–Crippen MR) is 226 cm³/mol. The molecule has 0 aromatic heterocycles. The van der Waals surface area contributed by atoms with Gasteiger partial charge in [-0.25, -0.2) is 14.3 Å². The van der Waals surface area contributed by atoms with Gasteiger partial charge in [0, 0.05) is 24.2 Å². The van der Waals surface area contributed by atoms with Crippen LogP contribution in [0, 0.1) is 0 Å². The largest absolute Gasteiger partial charge is 0.444 e. The van der Waals surface area contributed by atoms with Crippen LogP contribution in [0.1, 0.15) is 152 Å². The Hall–Kier alpha value is -1.50. The van der Waals surface area contributed by atoms with Crippen molar-refractivity contribution in [3.8, 4) is 0 Å². The standard InChI is InChI=1S/C19H39N2O5P.C11H26NOP.C9H17NO4/c1-13(2)21(14(3)4)27(26-19(9,10)11)24-12-16(15(5)22)20-17(23)25-18(6,7)8;1-9(2)12(10(3)4)14(8)13-11(5,6)7;1-6(12)7(5-11)10-8(13)14-9(2,3)4/h13-14,16H,12H2,1-11H3,(H,20,23);9-10H,1-8H3;7,11H,5H2,1-4H3,(H,10,13)/t16-,27?;;7-/m0.0/s1. The first-order valence-electron chi connectivity index (χ1n) is 19.2. The highest BCUT2D eigenvalue weighted by molar-refractivity contribution is 7.49. The second-order valence-corrected chi connectivity index (χ2v) is 21.3. The monoisotopic (exact) mass is 829 g/mol. The number of carbonyl (C=O) groups excluding carboxylic acids is 4. The van der Waals surface area contributed by atoms with Crippen molar-refractivity contribution in [1.29, 1.82) is 0 Å². The second-order valence-electron chi connectivity index (χ2n) is 18.3. The Bertz CT molecular complexity index is 1110. The summed E-state index contributed by atoms with van der Waals surface area (Å²) in [7, 11) is -1.89. The molecule has 4 atom stereocenters. The molecular formula is C39H82N4O10P2. The number of aliphatic hydroxyl groups is 1. The fourth-order valence-corrected chi connectivity index (χ4v) is 8.58. The van der Waals surface area contributed by atoms with Crippen molar-refractivity contribution in [1.82, 2.24) is 20.0 Å². The molecular weight excluding hydrogens is 746 g/mol. The Morgan fingerprint density at radius 2 is 0.891 bits per heavy atom. The van der Waals surface area contributed by atoms with Gasteiger partial charge in [0.2, 0.25) is 0 Å². The van der Waals surface area contributed by atoms with Gasteiger partial charge in [-0.05, 0) is 159 Å². The molecule has 2 amide bonds. The number of hydrogen-bond acceptors (Lipinski definition) is 12. The molecule has 0 aliphatic heterocycles. The van der Waals surface area contributed by atoms with Crippen LogP contribution in [0.3, 0.4) is 0 Å². The molecule has 16 heteroatoms. The lowest BCUT2D eigenvalue weighted by Crippen LogP contribution is -2.45. The minimum atomic E-state index is -1.41. The van der Waals surface area contributed by atoms with E-state index in [2.05, 4.69) is 103 Å². The number of nitrogens with one attached hydrogen (secondary N) is 2. The number of ketones is 2. The van der Waals surface area contributed by atoms with E-state index in [0.717, 1.165) is 0 Å². The first-order chi connectivity index (χ1) is 24.4. The Balaban J connectivity index is -0.000000813. The third-order valence-electron chi connectivity index (χ3n) is 6.29. The Labute approximate surface area is 338 Å². The number of amides is 2. The number of carbonyl (C=O) groups is 4. The van der Waals surface area contributed by atoms with Gasteiger partial charge >= 0.3 is 12.2 Å². The van der Waals surface area contributed by atoms with Gasteiger partial charge in [-0.15, -0.1) is 0 Å².